The summed E-state index contributed by atoms with van der Waals surface area (Å²) in [6.45, 7) is 3.61. The Balaban J connectivity index is 1.39. The maximum atomic E-state index is 10.7. The molecule has 0 bridgehead atoms. The van der Waals surface area contributed by atoms with Crippen molar-refractivity contribution in [2.75, 3.05) is 6.54 Å². The quantitative estimate of drug-likeness (QED) is 0.574. The second kappa shape index (κ2) is 6.92. The van der Waals surface area contributed by atoms with Crippen LogP contribution in [0.5, 0.6) is 0 Å². The first kappa shape index (κ1) is 17.2. The van der Waals surface area contributed by atoms with E-state index >= 15 is 0 Å². The fourth-order valence-electron chi connectivity index (χ4n) is 4.15. The standard InChI is InChI=1S/C21H24N6O/c1-25-19(7-9-23-25)21(28)18-12-17-14-26(10-3-11-27(17)24-18)13-16-5-2-4-15-6-8-22-20(15)16/h2,4-9,12,21-22,28H,3,10-11,13-14H2,1H3/t21-/m0/s1. The molecule has 1 aliphatic rings. The third kappa shape index (κ3) is 3.02. The van der Waals surface area contributed by atoms with Crippen molar-refractivity contribution in [3.05, 3.63) is 71.4 Å². The monoisotopic (exact) mass is 376 g/mol. The van der Waals surface area contributed by atoms with Gasteiger partial charge in [0.05, 0.1) is 17.1 Å². The molecule has 4 aromatic rings. The SMILES string of the molecule is Cn1nccc1[C@@H](O)c1cc2n(n1)CCCN(Cc1cccc3cc[nH]c13)C2. The molecule has 1 aliphatic heterocycles. The first-order valence-corrected chi connectivity index (χ1v) is 9.69. The summed E-state index contributed by atoms with van der Waals surface area (Å²) in [5, 5.41) is 20.8. The van der Waals surface area contributed by atoms with Crippen LogP contribution in [0.25, 0.3) is 10.9 Å². The first-order chi connectivity index (χ1) is 13.7. The van der Waals surface area contributed by atoms with E-state index in [1.807, 2.05) is 30.1 Å². The molecule has 144 valence electrons. The molecule has 1 atom stereocenters. The molecule has 0 amide bonds. The van der Waals surface area contributed by atoms with Crippen LogP contribution in [-0.2, 0) is 26.7 Å². The molecule has 0 spiro atoms. The van der Waals surface area contributed by atoms with E-state index in [4.69, 9.17) is 0 Å². The van der Waals surface area contributed by atoms with E-state index < -0.39 is 6.10 Å². The molecule has 0 saturated carbocycles. The molecule has 0 aliphatic carbocycles. The fourth-order valence-corrected chi connectivity index (χ4v) is 4.15. The lowest BCUT2D eigenvalue weighted by atomic mass is 10.1. The Kier molecular flexibility index (Phi) is 4.26. The van der Waals surface area contributed by atoms with Crippen molar-refractivity contribution < 1.29 is 5.11 Å². The van der Waals surface area contributed by atoms with E-state index in [9.17, 15) is 5.11 Å². The van der Waals surface area contributed by atoms with Gasteiger partial charge >= 0.3 is 0 Å². The van der Waals surface area contributed by atoms with Gasteiger partial charge in [-0.05, 0) is 35.6 Å². The lowest BCUT2D eigenvalue weighted by molar-refractivity contribution is 0.203. The minimum Gasteiger partial charge on any atom is -0.380 e. The number of nitrogens with one attached hydrogen (secondary N) is 1. The van der Waals surface area contributed by atoms with Crippen molar-refractivity contribution in [1.82, 2.24) is 29.4 Å². The molecule has 7 nitrogen and oxygen atoms in total. The number of aromatic amines is 1. The van der Waals surface area contributed by atoms with Gasteiger partial charge in [0.25, 0.3) is 0 Å². The Morgan fingerprint density at radius 2 is 2.14 bits per heavy atom. The molecule has 28 heavy (non-hydrogen) atoms. The lowest BCUT2D eigenvalue weighted by Gasteiger charge is -2.20. The van der Waals surface area contributed by atoms with Crippen molar-refractivity contribution in [3.8, 4) is 0 Å². The number of benzene rings is 1. The third-order valence-electron chi connectivity index (χ3n) is 5.60. The highest BCUT2D eigenvalue weighted by molar-refractivity contribution is 5.82. The second-order valence-corrected chi connectivity index (χ2v) is 7.49. The van der Waals surface area contributed by atoms with Crippen LogP contribution in [0, 0.1) is 0 Å². The summed E-state index contributed by atoms with van der Waals surface area (Å²) in [6.07, 6.45) is 3.98. The van der Waals surface area contributed by atoms with E-state index in [1.165, 1.54) is 16.5 Å². The number of aryl methyl sites for hydroxylation is 2. The van der Waals surface area contributed by atoms with Crippen LogP contribution in [0.3, 0.4) is 0 Å². The minimum absolute atomic E-state index is 0.687. The van der Waals surface area contributed by atoms with Gasteiger partial charge in [0.1, 0.15) is 6.10 Å². The zero-order chi connectivity index (χ0) is 19.1. The van der Waals surface area contributed by atoms with Crippen LogP contribution in [0.4, 0.5) is 0 Å². The molecule has 0 saturated heterocycles. The Morgan fingerprint density at radius 1 is 1.21 bits per heavy atom. The van der Waals surface area contributed by atoms with E-state index in [0.29, 0.717) is 5.69 Å². The summed E-state index contributed by atoms with van der Waals surface area (Å²) in [6, 6.07) is 12.4. The number of rotatable bonds is 4. The number of para-hydroxylation sites is 1. The average Bonchev–Trinajstić information content (AvgIpc) is 3.40. The summed E-state index contributed by atoms with van der Waals surface area (Å²) in [7, 11) is 1.84. The first-order valence-electron chi connectivity index (χ1n) is 9.69. The molecule has 0 unspecified atom stereocenters. The van der Waals surface area contributed by atoms with Gasteiger partial charge in [-0.3, -0.25) is 14.3 Å². The van der Waals surface area contributed by atoms with Crippen molar-refractivity contribution in [2.45, 2.75) is 32.2 Å². The lowest BCUT2D eigenvalue weighted by Crippen LogP contribution is -2.23. The number of fused-ring (bicyclic) bond motifs is 2. The van der Waals surface area contributed by atoms with Crippen molar-refractivity contribution in [1.29, 1.82) is 0 Å². The van der Waals surface area contributed by atoms with E-state index in [0.717, 1.165) is 44.0 Å². The van der Waals surface area contributed by atoms with Gasteiger partial charge in [-0.25, -0.2) is 0 Å². The third-order valence-corrected chi connectivity index (χ3v) is 5.60. The van der Waals surface area contributed by atoms with Gasteiger partial charge in [-0.2, -0.15) is 10.2 Å². The molecule has 7 heteroatoms. The van der Waals surface area contributed by atoms with Gasteiger partial charge in [-0.15, -0.1) is 0 Å². The van der Waals surface area contributed by atoms with Gasteiger partial charge in [0.15, 0.2) is 0 Å². The summed E-state index contributed by atoms with van der Waals surface area (Å²) >= 11 is 0. The molecule has 2 N–H and O–H groups in total. The van der Waals surface area contributed by atoms with Crippen LogP contribution >= 0.6 is 0 Å². The number of aromatic nitrogens is 5. The number of hydrogen-bond donors (Lipinski definition) is 2. The predicted octanol–water partition coefficient (Wildman–Crippen LogP) is 2.59. The van der Waals surface area contributed by atoms with E-state index in [2.05, 4.69) is 44.3 Å². The number of nitrogens with zero attached hydrogens (tertiary/aromatic N) is 5. The van der Waals surface area contributed by atoms with Gasteiger partial charge < -0.3 is 10.1 Å². The summed E-state index contributed by atoms with van der Waals surface area (Å²) < 4.78 is 3.74. The normalized spacial score (nSPS) is 16.2. The van der Waals surface area contributed by atoms with Crippen molar-refractivity contribution >= 4 is 10.9 Å². The largest absolute Gasteiger partial charge is 0.380 e. The molecule has 5 rings (SSSR count). The second-order valence-electron chi connectivity index (χ2n) is 7.49. The van der Waals surface area contributed by atoms with Crippen LogP contribution in [0.1, 0.15) is 35.2 Å². The smallest absolute Gasteiger partial charge is 0.139 e. The maximum absolute atomic E-state index is 10.7. The Hall–Kier alpha value is -2.90. The molecule has 4 heterocycles. The summed E-state index contributed by atoms with van der Waals surface area (Å²) in [5.74, 6) is 0. The average molecular weight is 376 g/mol. The number of hydrogen-bond acceptors (Lipinski definition) is 4. The number of aliphatic hydroxyl groups is 1. The zero-order valence-electron chi connectivity index (χ0n) is 15.9. The Morgan fingerprint density at radius 3 is 3.00 bits per heavy atom. The minimum atomic E-state index is -0.756. The van der Waals surface area contributed by atoms with Crippen LogP contribution in [-0.4, -0.2) is 41.1 Å². The van der Waals surface area contributed by atoms with Crippen LogP contribution in [0.2, 0.25) is 0 Å². The predicted molar refractivity (Wildman–Crippen MR) is 107 cm³/mol. The van der Waals surface area contributed by atoms with E-state index in [-0.39, 0.29) is 0 Å². The Bertz CT molecular complexity index is 1110. The molecule has 3 aromatic heterocycles. The molecular formula is C21H24N6O. The molecular weight excluding hydrogens is 352 g/mol. The van der Waals surface area contributed by atoms with Crippen LogP contribution < -0.4 is 0 Å². The highest BCUT2D eigenvalue weighted by Crippen LogP contribution is 2.25. The van der Waals surface area contributed by atoms with Crippen LogP contribution in [0.15, 0.2) is 48.8 Å². The zero-order valence-corrected chi connectivity index (χ0v) is 15.9. The van der Waals surface area contributed by atoms with Crippen molar-refractivity contribution in [3.63, 3.8) is 0 Å². The topological polar surface area (TPSA) is 74.9 Å². The highest BCUT2D eigenvalue weighted by atomic mass is 16.3. The highest BCUT2D eigenvalue weighted by Gasteiger charge is 2.22. The summed E-state index contributed by atoms with van der Waals surface area (Å²) in [5.41, 5.74) is 5.11. The number of H-pyrrole nitrogens is 1. The maximum Gasteiger partial charge on any atom is 0.139 e. The number of aliphatic hydroxyl groups excluding tert-OH is 1. The molecule has 0 radical (unpaired) electrons. The van der Waals surface area contributed by atoms with Gasteiger partial charge in [0, 0.05) is 51.1 Å². The van der Waals surface area contributed by atoms with Gasteiger partial charge in [-0.1, -0.05) is 18.2 Å². The summed E-state index contributed by atoms with van der Waals surface area (Å²) in [4.78, 5) is 5.82. The van der Waals surface area contributed by atoms with Crippen molar-refractivity contribution in [2.24, 2.45) is 7.05 Å². The van der Waals surface area contributed by atoms with E-state index in [1.54, 1.807) is 10.9 Å². The Labute approximate surface area is 163 Å². The van der Waals surface area contributed by atoms with Gasteiger partial charge in [0.2, 0.25) is 0 Å². The molecule has 0 fully saturated rings. The fraction of sp³-hybridized carbons (Fsp3) is 0.333. The molecule has 1 aromatic carbocycles.